The first-order chi connectivity index (χ1) is 13.3. The van der Waals surface area contributed by atoms with Gasteiger partial charge in [0.2, 0.25) is 15.2 Å². The first-order valence-corrected chi connectivity index (χ1v) is 11.8. The zero-order chi connectivity index (χ0) is 20.9. The molecule has 2 aromatic rings. The van der Waals surface area contributed by atoms with Crippen LogP contribution in [0.2, 0.25) is 0 Å². The van der Waals surface area contributed by atoms with Crippen LogP contribution in [0.5, 0.6) is 0 Å². The van der Waals surface area contributed by atoms with Gasteiger partial charge in [0.1, 0.15) is 5.01 Å². The van der Waals surface area contributed by atoms with E-state index in [1.54, 1.807) is 26.8 Å². The van der Waals surface area contributed by atoms with E-state index in [2.05, 4.69) is 29.4 Å². The molecule has 7 nitrogen and oxygen atoms in total. The Morgan fingerprint density at radius 2 is 1.79 bits per heavy atom. The molecule has 1 heterocycles. The maximum atomic E-state index is 12.8. The Morgan fingerprint density at radius 3 is 2.36 bits per heavy atom. The largest absolute Gasteiger partial charge is 0.296 e. The minimum absolute atomic E-state index is 0.113. The van der Waals surface area contributed by atoms with Crippen molar-refractivity contribution in [3.8, 4) is 0 Å². The van der Waals surface area contributed by atoms with E-state index < -0.39 is 10.0 Å². The van der Waals surface area contributed by atoms with Crippen molar-refractivity contribution < 1.29 is 13.2 Å². The number of sulfonamides is 1. The van der Waals surface area contributed by atoms with E-state index in [4.69, 9.17) is 0 Å². The molecular weight excluding hydrogens is 396 g/mol. The smallest absolute Gasteiger partial charge is 0.257 e. The van der Waals surface area contributed by atoms with Crippen LogP contribution in [-0.2, 0) is 10.0 Å². The van der Waals surface area contributed by atoms with Gasteiger partial charge in [-0.1, -0.05) is 45.1 Å². The van der Waals surface area contributed by atoms with Crippen molar-refractivity contribution >= 4 is 32.4 Å². The quantitative estimate of drug-likeness (QED) is 0.656. The Bertz CT molecular complexity index is 917. The van der Waals surface area contributed by atoms with Gasteiger partial charge in [0.15, 0.2) is 0 Å². The van der Waals surface area contributed by atoms with Gasteiger partial charge in [-0.15, -0.1) is 10.2 Å². The lowest BCUT2D eigenvalue weighted by atomic mass is 10.1. The highest BCUT2D eigenvalue weighted by Gasteiger charge is 2.24. The molecule has 1 aromatic heterocycles. The zero-order valence-electron chi connectivity index (χ0n) is 17.0. The number of hydrogen-bond donors (Lipinski definition) is 1. The summed E-state index contributed by atoms with van der Waals surface area (Å²) in [5.74, 6) is -0.0613. The predicted octanol–water partition coefficient (Wildman–Crippen LogP) is 4.03. The summed E-state index contributed by atoms with van der Waals surface area (Å²) >= 11 is 1.36. The minimum atomic E-state index is -3.63. The molecule has 0 fully saturated rings. The van der Waals surface area contributed by atoms with Crippen molar-refractivity contribution in [1.29, 1.82) is 0 Å². The number of aromatic nitrogens is 2. The number of nitrogens with zero attached hydrogens (tertiary/aromatic N) is 3. The molecular formula is C19H28N4O3S2. The summed E-state index contributed by atoms with van der Waals surface area (Å²) < 4.78 is 26.9. The number of aryl methyl sites for hydroxylation is 1. The first kappa shape index (κ1) is 22.4. The molecule has 0 saturated heterocycles. The molecule has 0 aliphatic heterocycles. The van der Waals surface area contributed by atoms with Gasteiger partial charge < -0.3 is 0 Å². The van der Waals surface area contributed by atoms with Gasteiger partial charge in [-0.2, -0.15) is 4.31 Å². The maximum absolute atomic E-state index is 12.8. The summed E-state index contributed by atoms with van der Waals surface area (Å²) in [7, 11) is -3.63. The molecule has 0 unspecified atom stereocenters. The van der Waals surface area contributed by atoms with Crippen LogP contribution in [0.3, 0.4) is 0 Å². The number of anilines is 1. The number of hydrogen-bond acceptors (Lipinski definition) is 6. The summed E-state index contributed by atoms with van der Waals surface area (Å²) in [4.78, 5) is 12.9. The molecule has 1 N–H and O–H groups in total. The van der Waals surface area contributed by atoms with Crippen LogP contribution in [0.1, 0.15) is 67.4 Å². The molecule has 1 aromatic carbocycles. The van der Waals surface area contributed by atoms with Gasteiger partial charge in [-0.05, 0) is 37.5 Å². The van der Waals surface area contributed by atoms with E-state index in [1.807, 2.05) is 0 Å². The van der Waals surface area contributed by atoms with Crippen LogP contribution < -0.4 is 5.32 Å². The van der Waals surface area contributed by atoms with E-state index in [9.17, 15) is 13.2 Å². The van der Waals surface area contributed by atoms with Gasteiger partial charge >= 0.3 is 0 Å². The highest BCUT2D eigenvalue weighted by molar-refractivity contribution is 7.89. The van der Waals surface area contributed by atoms with Gasteiger partial charge in [0, 0.05) is 24.6 Å². The average Bonchev–Trinajstić information content (AvgIpc) is 3.11. The van der Waals surface area contributed by atoms with Gasteiger partial charge in [0.05, 0.1) is 4.90 Å². The lowest BCUT2D eigenvalue weighted by Crippen LogP contribution is -2.30. The summed E-state index contributed by atoms with van der Waals surface area (Å²) in [6, 6.07) is 4.62. The molecule has 0 radical (unpaired) electrons. The number of nitrogens with one attached hydrogen (secondary N) is 1. The number of carbonyl (C=O) groups is 1. The normalized spacial score (nSPS) is 12.0. The van der Waals surface area contributed by atoms with Crippen LogP contribution >= 0.6 is 11.3 Å². The SMILES string of the molecule is CCC(CC)c1nnc(NC(=O)c2cc(S(=O)(=O)N(CC)CC)ccc2C)s1. The van der Waals surface area contributed by atoms with Crippen LogP contribution in [-0.4, -0.2) is 41.9 Å². The van der Waals surface area contributed by atoms with Crippen LogP contribution in [0.4, 0.5) is 5.13 Å². The third kappa shape index (κ3) is 4.76. The highest BCUT2D eigenvalue weighted by atomic mass is 32.2. The predicted molar refractivity (Wildman–Crippen MR) is 112 cm³/mol. The summed E-state index contributed by atoms with van der Waals surface area (Å²) in [6.45, 7) is 10.3. The number of rotatable bonds is 9. The van der Waals surface area contributed by atoms with Crippen LogP contribution in [0.25, 0.3) is 0 Å². The van der Waals surface area contributed by atoms with Crippen molar-refractivity contribution in [2.75, 3.05) is 18.4 Å². The molecule has 0 aliphatic carbocycles. The second kappa shape index (κ2) is 9.58. The Hall–Kier alpha value is -1.84. The van der Waals surface area contributed by atoms with Gasteiger partial charge in [-0.25, -0.2) is 8.42 Å². The number of amides is 1. The zero-order valence-corrected chi connectivity index (χ0v) is 18.7. The van der Waals surface area contributed by atoms with E-state index in [1.165, 1.54) is 27.8 Å². The molecule has 1 amide bonds. The van der Waals surface area contributed by atoms with Crippen molar-refractivity contribution in [2.24, 2.45) is 0 Å². The molecule has 0 spiro atoms. The standard InChI is InChI=1S/C19H28N4O3S2/c1-6-14(7-2)18-21-22-19(27-18)20-17(24)16-12-15(11-10-13(16)5)28(25,26)23(8-3)9-4/h10-12,14H,6-9H2,1-5H3,(H,20,22,24). The minimum Gasteiger partial charge on any atom is -0.296 e. The fraction of sp³-hybridized carbons (Fsp3) is 0.526. The van der Waals surface area contributed by atoms with Crippen LogP contribution in [0.15, 0.2) is 23.1 Å². The van der Waals surface area contributed by atoms with Gasteiger partial charge in [-0.3, -0.25) is 10.1 Å². The maximum Gasteiger partial charge on any atom is 0.257 e. The average molecular weight is 425 g/mol. The Balaban J connectivity index is 2.29. The molecule has 0 bridgehead atoms. The Kier molecular flexibility index (Phi) is 7.68. The molecule has 28 heavy (non-hydrogen) atoms. The number of carbonyl (C=O) groups excluding carboxylic acids is 1. The fourth-order valence-electron chi connectivity index (χ4n) is 2.97. The topological polar surface area (TPSA) is 92.3 Å². The monoisotopic (exact) mass is 424 g/mol. The lowest BCUT2D eigenvalue weighted by molar-refractivity contribution is 0.102. The Morgan fingerprint density at radius 1 is 1.14 bits per heavy atom. The number of benzene rings is 1. The second-order valence-electron chi connectivity index (χ2n) is 6.48. The molecule has 154 valence electrons. The summed E-state index contributed by atoms with van der Waals surface area (Å²) in [5, 5.41) is 12.3. The van der Waals surface area contributed by atoms with Crippen molar-refractivity contribution in [1.82, 2.24) is 14.5 Å². The van der Waals surface area contributed by atoms with E-state index in [0.29, 0.717) is 35.3 Å². The van der Waals surface area contributed by atoms with Crippen molar-refractivity contribution in [3.63, 3.8) is 0 Å². The fourth-order valence-corrected chi connectivity index (χ4v) is 5.46. The van der Waals surface area contributed by atoms with Crippen molar-refractivity contribution in [3.05, 3.63) is 34.3 Å². The third-order valence-electron chi connectivity index (χ3n) is 4.79. The molecule has 0 saturated carbocycles. The highest BCUT2D eigenvalue weighted by Crippen LogP contribution is 2.28. The van der Waals surface area contributed by atoms with Crippen molar-refractivity contribution in [2.45, 2.75) is 58.3 Å². The summed E-state index contributed by atoms with van der Waals surface area (Å²) in [5.41, 5.74) is 1.01. The molecule has 0 atom stereocenters. The van der Waals surface area contributed by atoms with Crippen LogP contribution in [0, 0.1) is 6.92 Å². The van der Waals surface area contributed by atoms with E-state index >= 15 is 0 Å². The molecule has 0 aliphatic rings. The summed E-state index contributed by atoms with van der Waals surface area (Å²) in [6.07, 6.45) is 1.92. The third-order valence-corrected chi connectivity index (χ3v) is 7.84. The van der Waals surface area contributed by atoms with Gasteiger partial charge in [0.25, 0.3) is 5.91 Å². The van der Waals surface area contributed by atoms with E-state index in [-0.39, 0.29) is 10.8 Å². The first-order valence-electron chi connectivity index (χ1n) is 9.53. The Labute approximate surface area is 171 Å². The second-order valence-corrected chi connectivity index (χ2v) is 9.43. The molecule has 2 rings (SSSR count). The molecule has 9 heteroatoms. The lowest BCUT2D eigenvalue weighted by Gasteiger charge is -2.19. The van der Waals surface area contributed by atoms with E-state index in [0.717, 1.165) is 17.8 Å².